The third-order valence-electron chi connectivity index (χ3n) is 2.41. The molecule has 0 atom stereocenters. The first-order valence-electron chi connectivity index (χ1n) is 6.70. The lowest BCUT2D eigenvalue weighted by atomic mass is 10.2. The van der Waals surface area contributed by atoms with Gasteiger partial charge in [-0.05, 0) is 5.92 Å². The topological polar surface area (TPSA) is 85.1 Å². The Hall–Kier alpha value is -1.40. The summed E-state index contributed by atoms with van der Waals surface area (Å²) in [5.41, 5.74) is 2.56. The highest BCUT2D eigenvalue weighted by atomic mass is 16.5. The van der Waals surface area contributed by atoms with Crippen molar-refractivity contribution in [2.75, 3.05) is 30.5 Å². The number of ether oxygens (including phenoxy) is 1. The first kappa shape index (κ1) is 15.7. The number of hydrogen-bond donors (Lipinski definition) is 3. The van der Waals surface area contributed by atoms with Crippen LogP contribution in [0.15, 0.2) is 6.07 Å². The van der Waals surface area contributed by atoms with Crippen molar-refractivity contribution in [3.8, 4) is 0 Å². The van der Waals surface area contributed by atoms with E-state index in [0.717, 1.165) is 18.2 Å². The van der Waals surface area contributed by atoms with Crippen molar-refractivity contribution in [3.05, 3.63) is 11.9 Å². The van der Waals surface area contributed by atoms with E-state index in [-0.39, 0.29) is 5.92 Å². The van der Waals surface area contributed by atoms with E-state index in [2.05, 4.69) is 34.6 Å². The predicted molar refractivity (Wildman–Crippen MR) is 78.1 cm³/mol. The van der Waals surface area contributed by atoms with Crippen LogP contribution < -0.4 is 16.6 Å². The van der Waals surface area contributed by atoms with Gasteiger partial charge in [0.05, 0.1) is 6.61 Å². The summed E-state index contributed by atoms with van der Waals surface area (Å²) in [4.78, 5) is 8.74. The number of aromatic nitrogens is 2. The summed E-state index contributed by atoms with van der Waals surface area (Å²) >= 11 is 0. The number of nitrogen functional groups attached to an aromatic ring is 1. The lowest BCUT2D eigenvalue weighted by molar-refractivity contribution is 0.118. The molecule has 0 aromatic carbocycles. The third-order valence-corrected chi connectivity index (χ3v) is 2.41. The first-order chi connectivity index (χ1) is 9.02. The molecule has 0 saturated heterocycles. The van der Waals surface area contributed by atoms with E-state index in [0.29, 0.717) is 24.9 Å². The van der Waals surface area contributed by atoms with E-state index in [1.54, 1.807) is 6.07 Å². The van der Waals surface area contributed by atoms with Crippen LogP contribution in [0.4, 0.5) is 11.6 Å². The number of nitrogens with two attached hydrogens (primary N) is 1. The number of hydrogen-bond acceptors (Lipinski definition) is 6. The van der Waals surface area contributed by atoms with Crippen LogP contribution in [0.25, 0.3) is 0 Å². The van der Waals surface area contributed by atoms with E-state index in [1.165, 1.54) is 0 Å². The predicted octanol–water partition coefficient (Wildman–Crippen LogP) is 1.97. The Kier molecular flexibility index (Phi) is 6.52. The van der Waals surface area contributed by atoms with Crippen molar-refractivity contribution in [1.82, 2.24) is 9.97 Å². The van der Waals surface area contributed by atoms with Gasteiger partial charge in [0.25, 0.3) is 0 Å². The Morgan fingerprint density at radius 1 is 1.21 bits per heavy atom. The highest BCUT2D eigenvalue weighted by Crippen LogP contribution is 2.16. The lowest BCUT2D eigenvalue weighted by Crippen LogP contribution is -2.15. The Morgan fingerprint density at radius 2 is 1.89 bits per heavy atom. The molecule has 0 radical (unpaired) electrons. The number of nitrogens with zero attached hydrogens (tertiary/aromatic N) is 2. The molecule has 6 heteroatoms. The molecule has 0 spiro atoms. The summed E-state index contributed by atoms with van der Waals surface area (Å²) in [6, 6.07) is 1.79. The van der Waals surface area contributed by atoms with Crippen LogP contribution in [0.1, 0.15) is 39.4 Å². The zero-order chi connectivity index (χ0) is 14.3. The maximum atomic E-state index is 5.50. The van der Waals surface area contributed by atoms with Gasteiger partial charge in [-0.25, -0.2) is 15.8 Å². The summed E-state index contributed by atoms with van der Waals surface area (Å²) in [5, 5.41) is 3.22. The maximum absolute atomic E-state index is 5.50. The molecule has 1 aromatic heterocycles. The minimum absolute atomic E-state index is 0.256. The molecular formula is C13H25N5O. The smallest absolute Gasteiger partial charge is 0.145 e. The van der Waals surface area contributed by atoms with Crippen LogP contribution in [0.5, 0.6) is 0 Å². The van der Waals surface area contributed by atoms with E-state index < -0.39 is 0 Å². The number of rotatable bonds is 8. The summed E-state index contributed by atoms with van der Waals surface area (Å²) in [7, 11) is 0. The summed E-state index contributed by atoms with van der Waals surface area (Å²) in [5.74, 6) is 8.36. The second-order valence-corrected chi connectivity index (χ2v) is 5.19. The summed E-state index contributed by atoms with van der Waals surface area (Å²) in [6.45, 7) is 10.5. The van der Waals surface area contributed by atoms with Crippen LogP contribution in [-0.4, -0.2) is 29.7 Å². The second-order valence-electron chi connectivity index (χ2n) is 5.19. The molecule has 19 heavy (non-hydrogen) atoms. The van der Waals surface area contributed by atoms with E-state index in [1.807, 2.05) is 13.8 Å². The van der Waals surface area contributed by atoms with Crippen LogP contribution >= 0.6 is 0 Å². The SMILES string of the molecule is CC(C)COCCNc1cc(NN)nc(C(C)C)n1. The van der Waals surface area contributed by atoms with Crippen molar-refractivity contribution >= 4 is 11.6 Å². The van der Waals surface area contributed by atoms with Crippen molar-refractivity contribution in [2.45, 2.75) is 33.6 Å². The number of nitrogens with one attached hydrogen (secondary N) is 2. The van der Waals surface area contributed by atoms with Gasteiger partial charge in [0, 0.05) is 25.1 Å². The normalized spacial score (nSPS) is 11.1. The molecule has 4 N–H and O–H groups in total. The molecule has 0 aliphatic heterocycles. The fraction of sp³-hybridized carbons (Fsp3) is 0.692. The van der Waals surface area contributed by atoms with Crippen LogP contribution in [0.2, 0.25) is 0 Å². The van der Waals surface area contributed by atoms with Crippen molar-refractivity contribution in [3.63, 3.8) is 0 Å². The monoisotopic (exact) mass is 267 g/mol. The van der Waals surface area contributed by atoms with Crippen molar-refractivity contribution in [1.29, 1.82) is 0 Å². The molecule has 0 bridgehead atoms. The molecule has 0 aliphatic carbocycles. The Labute approximate surface area is 115 Å². The van der Waals surface area contributed by atoms with E-state index >= 15 is 0 Å². The molecule has 0 amide bonds. The largest absolute Gasteiger partial charge is 0.379 e. The van der Waals surface area contributed by atoms with Gasteiger partial charge in [0.15, 0.2) is 0 Å². The van der Waals surface area contributed by atoms with Gasteiger partial charge in [-0.3, -0.25) is 0 Å². The molecule has 1 heterocycles. The van der Waals surface area contributed by atoms with Gasteiger partial charge < -0.3 is 15.5 Å². The van der Waals surface area contributed by atoms with Gasteiger partial charge in [-0.15, -0.1) is 0 Å². The molecule has 0 saturated carbocycles. The van der Waals surface area contributed by atoms with Gasteiger partial charge in [-0.2, -0.15) is 0 Å². The minimum Gasteiger partial charge on any atom is -0.379 e. The van der Waals surface area contributed by atoms with Crippen LogP contribution in [-0.2, 0) is 4.74 Å². The Morgan fingerprint density at radius 3 is 2.47 bits per heavy atom. The Balaban J connectivity index is 2.50. The molecule has 1 rings (SSSR count). The molecule has 108 valence electrons. The Bertz CT molecular complexity index is 381. The first-order valence-corrected chi connectivity index (χ1v) is 6.70. The average molecular weight is 267 g/mol. The summed E-state index contributed by atoms with van der Waals surface area (Å²) in [6.07, 6.45) is 0. The quantitative estimate of drug-likeness (QED) is 0.379. The molecule has 0 fully saturated rings. The third kappa shape index (κ3) is 5.85. The average Bonchev–Trinajstić information content (AvgIpc) is 2.37. The standard InChI is InChI=1S/C13H25N5O/c1-9(2)8-19-6-5-15-11-7-12(18-14)17-13(16-11)10(3)4/h7,9-10H,5-6,8,14H2,1-4H3,(H2,15,16,17,18). The van der Waals surface area contributed by atoms with Crippen LogP contribution in [0.3, 0.4) is 0 Å². The lowest BCUT2D eigenvalue weighted by Gasteiger charge is -2.12. The molecule has 0 unspecified atom stereocenters. The second kappa shape index (κ2) is 7.91. The minimum atomic E-state index is 0.256. The molecule has 0 aliphatic rings. The fourth-order valence-electron chi connectivity index (χ4n) is 1.46. The fourth-order valence-corrected chi connectivity index (χ4v) is 1.46. The van der Waals surface area contributed by atoms with E-state index in [9.17, 15) is 0 Å². The highest BCUT2D eigenvalue weighted by molar-refractivity contribution is 5.47. The van der Waals surface area contributed by atoms with Gasteiger partial charge in [0.2, 0.25) is 0 Å². The number of anilines is 2. The number of hydrazine groups is 1. The van der Waals surface area contributed by atoms with Gasteiger partial charge >= 0.3 is 0 Å². The highest BCUT2D eigenvalue weighted by Gasteiger charge is 2.07. The maximum Gasteiger partial charge on any atom is 0.145 e. The van der Waals surface area contributed by atoms with E-state index in [4.69, 9.17) is 10.6 Å². The molecule has 6 nitrogen and oxygen atoms in total. The summed E-state index contributed by atoms with van der Waals surface area (Å²) < 4.78 is 5.50. The van der Waals surface area contributed by atoms with Crippen molar-refractivity contribution < 1.29 is 4.74 Å². The molecular weight excluding hydrogens is 242 g/mol. The van der Waals surface area contributed by atoms with Crippen LogP contribution in [0, 0.1) is 5.92 Å². The molecule has 1 aromatic rings. The van der Waals surface area contributed by atoms with Crippen molar-refractivity contribution in [2.24, 2.45) is 11.8 Å². The van der Waals surface area contributed by atoms with Gasteiger partial charge in [-0.1, -0.05) is 27.7 Å². The zero-order valence-corrected chi connectivity index (χ0v) is 12.2. The van der Waals surface area contributed by atoms with Gasteiger partial charge in [0.1, 0.15) is 17.5 Å². The zero-order valence-electron chi connectivity index (χ0n) is 12.2.